The number of rotatable bonds is 6. The molecule has 0 aliphatic heterocycles. The molecule has 1 nitrogen and oxygen atoms in total. The molecular formula is C24H41IO. The average Bonchev–Trinajstić information content (AvgIpc) is 2.95. The van der Waals surface area contributed by atoms with Gasteiger partial charge in [-0.2, -0.15) is 0 Å². The minimum atomic E-state index is -0.0359. The zero-order valence-electron chi connectivity index (χ0n) is 17.8. The van der Waals surface area contributed by atoms with Gasteiger partial charge >= 0.3 is 0 Å². The Labute approximate surface area is 176 Å². The van der Waals surface area contributed by atoms with Crippen molar-refractivity contribution in [3.05, 3.63) is 0 Å². The van der Waals surface area contributed by atoms with Gasteiger partial charge in [0.2, 0.25) is 0 Å². The van der Waals surface area contributed by atoms with Gasteiger partial charge in [-0.05, 0) is 73.0 Å². The van der Waals surface area contributed by atoms with Crippen LogP contribution in [0.2, 0.25) is 0 Å². The van der Waals surface area contributed by atoms with Crippen LogP contribution in [0.15, 0.2) is 0 Å². The van der Waals surface area contributed by atoms with E-state index in [2.05, 4.69) is 57.2 Å². The Kier molecular flexibility index (Phi) is 6.52. The van der Waals surface area contributed by atoms with Crippen LogP contribution in [0.25, 0.3) is 0 Å². The van der Waals surface area contributed by atoms with Crippen LogP contribution >= 0.6 is 22.6 Å². The lowest BCUT2D eigenvalue weighted by Gasteiger charge is -2.56. The van der Waals surface area contributed by atoms with Crippen LogP contribution in [0.5, 0.6) is 0 Å². The van der Waals surface area contributed by atoms with E-state index in [1.165, 1.54) is 51.4 Å². The van der Waals surface area contributed by atoms with Crippen molar-refractivity contribution in [2.75, 3.05) is 4.43 Å². The number of halogens is 1. The maximum Gasteiger partial charge on any atom is 0.139 e. The largest absolute Gasteiger partial charge is 0.299 e. The normalized spacial score (nSPS) is 44.0. The third-order valence-electron chi connectivity index (χ3n) is 9.08. The molecule has 0 aromatic carbocycles. The highest BCUT2D eigenvalue weighted by atomic mass is 127. The topological polar surface area (TPSA) is 17.1 Å². The molecule has 3 saturated carbocycles. The first-order valence-corrected chi connectivity index (χ1v) is 12.9. The lowest BCUT2D eigenvalue weighted by atomic mass is 9.49. The molecule has 3 rings (SSSR count). The van der Waals surface area contributed by atoms with Crippen molar-refractivity contribution >= 4 is 28.4 Å². The molecule has 26 heavy (non-hydrogen) atoms. The fraction of sp³-hybridized carbons (Fsp3) is 0.958. The Morgan fingerprint density at radius 2 is 1.77 bits per heavy atom. The van der Waals surface area contributed by atoms with E-state index in [1.807, 2.05) is 0 Å². The number of ketones is 1. The summed E-state index contributed by atoms with van der Waals surface area (Å²) in [4.78, 5) is 12.7. The van der Waals surface area contributed by atoms with E-state index in [0.717, 1.165) is 40.4 Å². The fourth-order valence-electron chi connectivity index (χ4n) is 7.47. The number of fused-ring (bicyclic) bond motifs is 3. The van der Waals surface area contributed by atoms with E-state index in [4.69, 9.17) is 0 Å². The highest BCUT2D eigenvalue weighted by Crippen LogP contribution is 2.65. The summed E-state index contributed by atoms with van der Waals surface area (Å²) in [6, 6.07) is 0. The first-order valence-electron chi connectivity index (χ1n) is 11.3. The zero-order chi connectivity index (χ0) is 19.1. The van der Waals surface area contributed by atoms with Crippen molar-refractivity contribution in [1.82, 2.24) is 0 Å². The third-order valence-corrected chi connectivity index (χ3v) is 10.7. The lowest BCUT2D eigenvalue weighted by molar-refractivity contribution is -0.142. The summed E-state index contributed by atoms with van der Waals surface area (Å²) in [6.07, 6.45) is 11.8. The first-order chi connectivity index (χ1) is 12.2. The minimum absolute atomic E-state index is 0.0359. The van der Waals surface area contributed by atoms with Crippen LogP contribution in [0.4, 0.5) is 0 Å². The summed E-state index contributed by atoms with van der Waals surface area (Å²) >= 11 is 2.49. The summed E-state index contributed by atoms with van der Waals surface area (Å²) in [5.74, 6) is 5.57. The average molecular weight is 472 g/mol. The predicted molar refractivity (Wildman–Crippen MR) is 120 cm³/mol. The molecule has 0 saturated heterocycles. The van der Waals surface area contributed by atoms with Crippen LogP contribution in [-0.4, -0.2) is 10.2 Å². The Morgan fingerprint density at radius 1 is 1.04 bits per heavy atom. The van der Waals surface area contributed by atoms with Crippen molar-refractivity contribution in [2.24, 2.45) is 46.3 Å². The van der Waals surface area contributed by atoms with Gasteiger partial charge in [-0.3, -0.25) is 4.79 Å². The molecule has 0 unspecified atom stereocenters. The zero-order valence-corrected chi connectivity index (χ0v) is 20.0. The molecule has 0 heterocycles. The van der Waals surface area contributed by atoms with Crippen LogP contribution < -0.4 is 0 Å². The van der Waals surface area contributed by atoms with Gasteiger partial charge in [-0.25, -0.2) is 0 Å². The van der Waals surface area contributed by atoms with E-state index in [0.29, 0.717) is 17.1 Å². The van der Waals surface area contributed by atoms with Gasteiger partial charge in [0.25, 0.3) is 0 Å². The minimum Gasteiger partial charge on any atom is -0.299 e. The molecule has 3 fully saturated rings. The van der Waals surface area contributed by atoms with Gasteiger partial charge < -0.3 is 0 Å². The maximum atomic E-state index is 12.7. The van der Waals surface area contributed by atoms with E-state index in [1.54, 1.807) is 0 Å². The lowest BCUT2D eigenvalue weighted by Crippen LogP contribution is -2.53. The highest BCUT2D eigenvalue weighted by molar-refractivity contribution is 14.1. The Hall–Kier alpha value is 0.400. The number of hydrogen-bond donors (Lipinski definition) is 0. The van der Waals surface area contributed by atoms with Gasteiger partial charge in [0.15, 0.2) is 0 Å². The summed E-state index contributed by atoms with van der Waals surface area (Å²) in [5, 5.41) is 0. The van der Waals surface area contributed by atoms with E-state index >= 15 is 0 Å². The van der Waals surface area contributed by atoms with Crippen molar-refractivity contribution < 1.29 is 4.79 Å². The maximum absolute atomic E-state index is 12.7. The van der Waals surface area contributed by atoms with Gasteiger partial charge in [0.1, 0.15) is 5.78 Å². The van der Waals surface area contributed by atoms with E-state index in [9.17, 15) is 4.79 Å². The number of hydrogen-bond acceptors (Lipinski definition) is 1. The summed E-state index contributed by atoms with van der Waals surface area (Å²) in [7, 11) is 0. The Balaban J connectivity index is 1.72. The monoisotopic (exact) mass is 472 g/mol. The number of alkyl halides is 1. The molecule has 0 spiro atoms. The second kappa shape index (κ2) is 8.03. The molecule has 0 radical (unpaired) electrons. The first kappa shape index (κ1) is 21.1. The quantitative estimate of drug-likeness (QED) is 0.293. The molecule has 0 N–H and O–H groups in total. The molecule has 0 bridgehead atoms. The van der Waals surface area contributed by atoms with Crippen LogP contribution in [-0.2, 0) is 4.79 Å². The molecule has 0 aromatic heterocycles. The molecule has 7 atom stereocenters. The van der Waals surface area contributed by atoms with Crippen molar-refractivity contribution in [3.63, 3.8) is 0 Å². The smallest absolute Gasteiger partial charge is 0.139 e. The molecule has 0 amide bonds. The van der Waals surface area contributed by atoms with Gasteiger partial charge in [-0.1, -0.05) is 76.5 Å². The van der Waals surface area contributed by atoms with Crippen LogP contribution in [0, 0.1) is 46.3 Å². The van der Waals surface area contributed by atoms with Crippen molar-refractivity contribution in [2.45, 2.75) is 92.4 Å². The SMILES string of the molecule is CC(C)CCC[C@@H](C)[C@H]1CC[C@H]2[C@@H]3CCC(=O)[C@](C)(CI)[C@H]3CC[C@]12C. The van der Waals surface area contributed by atoms with Gasteiger partial charge in [0.05, 0.1) is 0 Å². The van der Waals surface area contributed by atoms with Crippen LogP contribution in [0.1, 0.15) is 92.4 Å². The van der Waals surface area contributed by atoms with E-state index < -0.39 is 0 Å². The number of carbonyl (C=O) groups excluding carboxylic acids is 1. The fourth-order valence-corrected chi connectivity index (χ4v) is 8.46. The summed E-state index contributed by atoms with van der Waals surface area (Å²) in [6.45, 7) is 12.2. The second-order valence-corrected chi connectivity index (χ2v) is 11.7. The Bertz CT molecular complexity index is 514. The Morgan fingerprint density at radius 3 is 2.42 bits per heavy atom. The molecule has 0 aromatic rings. The predicted octanol–water partition coefficient (Wildman–Crippen LogP) is 7.31. The molecule has 3 aliphatic carbocycles. The summed E-state index contributed by atoms with van der Waals surface area (Å²) < 4.78 is 1.02. The third kappa shape index (κ3) is 3.54. The standard InChI is InChI=1S/C24H41IO/c1-16(2)7-6-8-17(3)19-10-11-20-18-9-12-22(26)24(5,15-25)21(18)13-14-23(19,20)4/h16-21H,6-15H2,1-5H3/t17-,18+,19-,20+,21+,23-,24-/m1/s1. The number of carbonyl (C=O) groups is 1. The molecule has 3 aliphatic rings. The number of Topliss-reactive ketones (excluding diaryl/α,β-unsaturated/α-hetero) is 1. The van der Waals surface area contributed by atoms with Crippen molar-refractivity contribution in [3.8, 4) is 0 Å². The van der Waals surface area contributed by atoms with Crippen molar-refractivity contribution in [1.29, 1.82) is 0 Å². The van der Waals surface area contributed by atoms with Gasteiger partial charge in [0, 0.05) is 16.3 Å². The molecule has 2 heteroatoms. The molecule has 150 valence electrons. The summed E-state index contributed by atoms with van der Waals surface area (Å²) in [5.41, 5.74) is 0.511. The van der Waals surface area contributed by atoms with Gasteiger partial charge in [-0.15, -0.1) is 0 Å². The van der Waals surface area contributed by atoms with Crippen LogP contribution in [0.3, 0.4) is 0 Å². The second-order valence-electron chi connectivity index (χ2n) is 10.9. The highest BCUT2D eigenvalue weighted by Gasteiger charge is 2.59. The molecular weight excluding hydrogens is 431 g/mol. The van der Waals surface area contributed by atoms with E-state index in [-0.39, 0.29) is 5.41 Å².